The number of carbonyl (C=O) groups is 1. The Balaban J connectivity index is 2.22. The van der Waals surface area contributed by atoms with Crippen LogP contribution in [-0.4, -0.2) is 23.9 Å². The van der Waals surface area contributed by atoms with Gasteiger partial charge in [-0.05, 0) is 37.7 Å². The van der Waals surface area contributed by atoms with Crippen molar-refractivity contribution in [1.82, 2.24) is 4.90 Å². The van der Waals surface area contributed by atoms with Crippen LogP contribution >= 0.6 is 0 Å². The molecule has 0 heterocycles. The first-order valence-corrected chi connectivity index (χ1v) is 7.59. The molecule has 0 N–H and O–H groups in total. The molecule has 0 fully saturated rings. The van der Waals surface area contributed by atoms with Crippen LogP contribution in [0.2, 0.25) is 0 Å². The van der Waals surface area contributed by atoms with Crippen LogP contribution < -0.4 is 0 Å². The number of aryl methyl sites for hydroxylation is 1. The maximum Gasteiger partial charge on any atom is 0.222 e. The second kappa shape index (κ2) is 9.60. The summed E-state index contributed by atoms with van der Waals surface area (Å²) in [6.07, 6.45) is 5.98. The minimum Gasteiger partial charge on any atom is -0.343 e. The Labute approximate surface area is 117 Å². The van der Waals surface area contributed by atoms with Crippen molar-refractivity contribution in [1.29, 1.82) is 0 Å². The van der Waals surface area contributed by atoms with Gasteiger partial charge >= 0.3 is 0 Å². The first kappa shape index (κ1) is 15.7. The van der Waals surface area contributed by atoms with Crippen molar-refractivity contribution in [3.63, 3.8) is 0 Å². The zero-order valence-corrected chi connectivity index (χ0v) is 12.4. The number of hydrogen-bond acceptors (Lipinski definition) is 1. The van der Waals surface area contributed by atoms with E-state index in [4.69, 9.17) is 0 Å². The molecule has 0 bridgehead atoms. The molecule has 0 saturated heterocycles. The molecule has 0 aromatic heterocycles. The molecule has 1 rings (SSSR count). The van der Waals surface area contributed by atoms with E-state index in [-0.39, 0.29) is 0 Å². The normalized spacial score (nSPS) is 10.4. The monoisotopic (exact) mass is 261 g/mol. The van der Waals surface area contributed by atoms with E-state index < -0.39 is 0 Å². The quantitative estimate of drug-likeness (QED) is 0.614. The second-order valence-corrected chi connectivity index (χ2v) is 5.07. The minimum atomic E-state index is 0.330. The summed E-state index contributed by atoms with van der Waals surface area (Å²) in [6.45, 7) is 6.08. The van der Waals surface area contributed by atoms with Crippen LogP contribution in [-0.2, 0) is 11.2 Å². The SMILES string of the molecule is CCCN(CCC)C(=O)CCCCc1ccccc1. The average Bonchev–Trinajstić information content (AvgIpc) is 2.44. The largest absolute Gasteiger partial charge is 0.343 e. The van der Waals surface area contributed by atoms with Crippen LogP contribution in [0.1, 0.15) is 51.5 Å². The lowest BCUT2D eigenvalue weighted by atomic mass is 10.1. The van der Waals surface area contributed by atoms with Crippen molar-refractivity contribution in [2.45, 2.75) is 52.4 Å². The van der Waals surface area contributed by atoms with Gasteiger partial charge in [-0.3, -0.25) is 4.79 Å². The Morgan fingerprint density at radius 2 is 1.63 bits per heavy atom. The number of amides is 1. The van der Waals surface area contributed by atoms with Gasteiger partial charge < -0.3 is 4.90 Å². The van der Waals surface area contributed by atoms with Gasteiger partial charge in [-0.25, -0.2) is 0 Å². The molecule has 0 atom stereocenters. The van der Waals surface area contributed by atoms with Gasteiger partial charge in [0.1, 0.15) is 0 Å². The molecule has 2 nitrogen and oxygen atoms in total. The third-order valence-corrected chi connectivity index (χ3v) is 3.29. The molecule has 0 aliphatic heterocycles. The Bertz CT molecular complexity index is 342. The van der Waals surface area contributed by atoms with Gasteiger partial charge in [-0.2, -0.15) is 0 Å². The number of unbranched alkanes of at least 4 members (excludes halogenated alkanes) is 1. The van der Waals surface area contributed by atoms with Gasteiger partial charge in [0.05, 0.1) is 0 Å². The fraction of sp³-hybridized carbons (Fsp3) is 0.588. The maximum atomic E-state index is 12.1. The highest BCUT2D eigenvalue weighted by Crippen LogP contribution is 2.08. The fourth-order valence-corrected chi connectivity index (χ4v) is 2.31. The molecule has 0 unspecified atom stereocenters. The molecule has 19 heavy (non-hydrogen) atoms. The minimum absolute atomic E-state index is 0.330. The number of nitrogens with zero attached hydrogens (tertiary/aromatic N) is 1. The van der Waals surface area contributed by atoms with E-state index in [1.54, 1.807) is 0 Å². The van der Waals surface area contributed by atoms with Crippen molar-refractivity contribution in [2.24, 2.45) is 0 Å². The Morgan fingerprint density at radius 3 is 2.21 bits per heavy atom. The molecule has 1 aromatic carbocycles. The summed E-state index contributed by atoms with van der Waals surface area (Å²) < 4.78 is 0. The zero-order valence-electron chi connectivity index (χ0n) is 12.4. The van der Waals surface area contributed by atoms with E-state index in [0.29, 0.717) is 12.3 Å². The van der Waals surface area contributed by atoms with Crippen molar-refractivity contribution >= 4 is 5.91 Å². The molecule has 0 spiro atoms. The third kappa shape index (κ3) is 6.42. The number of benzene rings is 1. The second-order valence-electron chi connectivity index (χ2n) is 5.07. The maximum absolute atomic E-state index is 12.1. The van der Waals surface area contributed by atoms with Crippen molar-refractivity contribution in [3.8, 4) is 0 Å². The Morgan fingerprint density at radius 1 is 1.00 bits per heavy atom. The lowest BCUT2D eigenvalue weighted by molar-refractivity contribution is -0.131. The zero-order chi connectivity index (χ0) is 13.9. The third-order valence-electron chi connectivity index (χ3n) is 3.29. The van der Waals surface area contributed by atoms with Gasteiger partial charge in [0.15, 0.2) is 0 Å². The molecular weight excluding hydrogens is 234 g/mol. The molecule has 106 valence electrons. The summed E-state index contributed by atoms with van der Waals surface area (Å²) in [6, 6.07) is 10.5. The van der Waals surface area contributed by atoms with Crippen LogP contribution in [0, 0.1) is 0 Å². The number of hydrogen-bond donors (Lipinski definition) is 0. The van der Waals surface area contributed by atoms with Crippen LogP contribution in [0.5, 0.6) is 0 Å². The molecular formula is C17H27NO. The van der Waals surface area contributed by atoms with Crippen LogP contribution in [0.4, 0.5) is 0 Å². The van der Waals surface area contributed by atoms with E-state index in [1.807, 2.05) is 11.0 Å². The molecule has 0 saturated carbocycles. The van der Waals surface area contributed by atoms with Crippen molar-refractivity contribution < 1.29 is 4.79 Å². The van der Waals surface area contributed by atoms with Gasteiger partial charge in [0.25, 0.3) is 0 Å². The summed E-state index contributed by atoms with van der Waals surface area (Å²) in [7, 11) is 0. The number of rotatable bonds is 9. The highest BCUT2D eigenvalue weighted by atomic mass is 16.2. The molecule has 2 heteroatoms. The van der Waals surface area contributed by atoms with E-state index in [9.17, 15) is 4.79 Å². The first-order valence-electron chi connectivity index (χ1n) is 7.59. The lowest BCUT2D eigenvalue weighted by Crippen LogP contribution is -2.32. The van der Waals surface area contributed by atoms with Gasteiger partial charge in [0.2, 0.25) is 5.91 Å². The molecule has 1 amide bonds. The Kier molecular flexibility index (Phi) is 7.95. The standard InChI is InChI=1S/C17H27NO/c1-3-14-18(15-4-2)17(19)13-9-8-12-16-10-6-5-7-11-16/h5-7,10-11H,3-4,8-9,12-15H2,1-2H3. The fourth-order valence-electron chi connectivity index (χ4n) is 2.31. The lowest BCUT2D eigenvalue weighted by Gasteiger charge is -2.21. The van der Waals surface area contributed by atoms with Crippen LogP contribution in [0.15, 0.2) is 30.3 Å². The smallest absolute Gasteiger partial charge is 0.222 e. The molecule has 0 aliphatic carbocycles. The van der Waals surface area contributed by atoms with Crippen LogP contribution in [0.3, 0.4) is 0 Å². The molecule has 0 radical (unpaired) electrons. The molecule has 1 aromatic rings. The Hall–Kier alpha value is -1.31. The highest BCUT2D eigenvalue weighted by Gasteiger charge is 2.10. The van der Waals surface area contributed by atoms with Crippen molar-refractivity contribution in [2.75, 3.05) is 13.1 Å². The van der Waals surface area contributed by atoms with E-state index in [1.165, 1.54) is 5.56 Å². The molecule has 0 aliphatic rings. The first-order chi connectivity index (χ1) is 9.27. The summed E-state index contributed by atoms with van der Waals surface area (Å²) in [4.78, 5) is 14.1. The average molecular weight is 261 g/mol. The van der Waals surface area contributed by atoms with Crippen LogP contribution in [0.25, 0.3) is 0 Å². The summed E-state index contributed by atoms with van der Waals surface area (Å²) in [5, 5.41) is 0. The predicted molar refractivity (Wildman–Crippen MR) is 81.2 cm³/mol. The van der Waals surface area contributed by atoms with E-state index in [2.05, 4.69) is 38.1 Å². The highest BCUT2D eigenvalue weighted by molar-refractivity contribution is 5.76. The van der Waals surface area contributed by atoms with Crippen molar-refractivity contribution in [3.05, 3.63) is 35.9 Å². The van der Waals surface area contributed by atoms with E-state index in [0.717, 1.165) is 45.2 Å². The van der Waals surface area contributed by atoms with Gasteiger partial charge in [-0.15, -0.1) is 0 Å². The summed E-state index contributed by atoms with van der Waals surface area (Å²) in [5.74, 6) is 0.330. The van der Waals surface area contributed by atoms with E-state index >= 15 is 0 Å². The summed E-state index contributed by atoms with van der Waals surface area (Å²) in [5.41, 5.74) is 1.37. The van der Waals surface area contributed by atoms with Gasteiger partial charge in [-0.1, -0.05) is 44.2 Å². The number of carbonyl (C=O) groups excluding carboxylic acids is 1. The van der Waals surface area contributed by atoms with Gasteiger partial charge in [0, 0.05) is 19.5 Å². The topological polar surface area (TPSA) is 20.3 Å². The predicted octanol–water partition coefficient (Wildman–Crippen LogP) is 4.05. The summed E-state index contributed by atoms with van der Waals surface area (Å²) >= 11 is 0.